The maximum atomic E-state index is 8.59. The van der Waals surface area contributed by atoms with E-state index in [1.807, 2.05) is 24.3 Å². The monoisotopic (exact) mass is 320 g/mol. The highest BCUT2D eigenvalue weighted by Crippen LogP contribution is 2.29. The molecule has 0 aliphatic carbocycles. The number of halogens is 1. The van der Waals surface area contributed by atoms with Crippen LogP contribution in [0.4, 0.5) is 0 Å². The van der Waals surface area contributed by atoms with Crippen molar-refractivity contribution < 1.29 is 4.74 Å². The van der Waals surface area contributed by atoms with Gasteiger partial charge in [-0.1, -0.05) is 38.1 Å². The molecule has 0 saturated carbocycles. The molecule has 2 aromatic carbocycles. The topological polar surface area (TPSA) is 36.3 Å². The highest BCUT2D eigenvalue weighted by Gasteiger charge is 2.14. The van der Waals surface area contributed by atoms with E-state index in [9.17, 15) is 0 Å². The first-order chi connectivity index (χ1) is 10.2. The second-order valence-electron chi connectivity index (χ2n) is 5.20. The van der Waals surface area contributed by atoms with Gasteiger partial charge < -0.3 is 9.64 Å². The van der Waals surface area contributed by atoms with Gasteiger partial charge in [-0.25, -0.2) is 0 Å². The van der Waals surface area contributed by atoms with Crippen molar-refractivity contribution in [3.8, 4) is 5.75 Å². The first kappa shape index (κ1) is 18.3. The Morgan fingerprint density at radius 1 is 1.00 bits per heavy atom. The third-order valence-corrected chi connectivity index (χ3v) is 3.66. The third kappa shape index (κ3) is 3.72. The molecule has 120 valence electrons. The van der Waals surface area contributed by atoms with E-state index in [2.05, 4.69) is 30.9 Å². The summed E-state index contributed by atoms with van der Waals surface area (Å²) in [5, 5.41) is 10.7. The van der Waals surface area contributed by atoms with Crippen molar-refractivity contribution in [2.75, 3.05) is 20.2 Å². The molecule has 0 atom stereocenters. The summed E-state index contributed by atoms with van der Waals surface area (Å²) in [6.07, 6.45) is 2.10. The molecular weight excluding hydrogens is 296 g/mol. The summed E-state index contributed by atoms with van der Waals surface area (Å²) in [7, 11) is 1.69. The summed E-state index contributed by atoms with van der Waals surface area (Å²) in [6.45, 7) is 6.16. The van der Waals surface area contributed by atoms with Crippen LogP contribution in [0.15, 0.2) is 36.4 Å². The van der Waals surface area contributed by atoms with Crippen LogP contribution in [-0.4, -0.2) is 30.9 Å². The normalized spacial score (nSPS) is 10.1. The molecule has 0 amide bonds. The lowest BCUT2D eigenvalue weighted by Crippen LogP contribution is -2.32. The quantitative estimate of drug-likeness (QED) is 0.617. The van der Waals surface area contributed by atoms with E-state index in [4.69, 9.17) is 10.1 Å². The van der Waals surface area contributed by atoms with Crippen LogP contribution in [0.1, 0.15) is 32.3 Å². The lowest BCUT2D eigenvalue weighted by atomic mass is 10.0. The molecule has 3 nitrogen and oxygen atoms in total. The molecule has 0 saturated heterocycles. The fourth-order valence-corrected chi connectivity index (χ4v) is 2.70. The Bertz CT molecular complexity index is 622. The summed E-state index contributed by atoms with van der Waals surface area (Å²) in [5.41, 5.74) is 0.980. The molecule has 2 aromatic rings. The first-order valence-electron chi connectivity index (χ1n) is 7.62. The average molecular weight is 321 g/mol. The molecule has 1 N–H and O–H groups in total. The largest absolute Gasteiger partial charge is 0.496 e. The van der Waals surface area contributed by atoms with Gasteiger partial charge in [-0.15, -0.1) is 12.4 Å². The fourth-order valence-electron chi connectivity index (χ4n) is 2.70. The van der Waals surface area contributed by atoms with E-state index in [1.165, 1.54) is 0 Å². The fraction of sp³-hybridized carbons (Fsp3) is 0.389. The second-order valence-corrected chi connectivity index (χ2v) is 5.20. The van der Waals surface area contributed by atoms with Crippen molar-refractivity contribution in [1.82, 2.24) is 4.90 Å². The van der Waals surface area contributed by atoms with Crippen LogP contribution >= 0.6 is 12.4 Å². The molecule has 22 heavy (non-hydrogen) atoms. The number of nitrogens with one attached hydrogen (secondary N) is 1. The van der Waals surface area contributed by atoms with Crippen molar-refractivity contribution in [3.05, 3.63) is 42.0 Å². The molecule has 4 heteroatoms. The van der Waals surface area contributed by atoms with Crippen molar-refractivity contribution in [2.24, 2.45) is 0 Å². The van der Waals surface area contributed by atoms with E-state index < -0.39 is 0 Å². The van der Waals surface area contributed by atoms with E-state index >= 15 is 0 Å². The van der Waals surface area contributed by atoms with E-state index in [0.29, 0.717) is 5.84 Å². The standard InChI is InChI=1S/C18H24N2O.ClH/c1-4-12-20(13-5-2)18(19)16-10-11-17(21-3)15-9-7-6-8-14(15)16;/h6-11,19H,4-5,12-13H2,1-3H3;1H. The number of amidine groups is 1. The lowest BCUT2D eigenvalue weighted by Gasteiger charge is -2.25. The molecule has 0 spiro atoms. The van der Waals surface area contributed by atoms with E-state index in [0.717, 1.165) is 48.0 Å². The Hall–Kier alpha value is -1.74. The number of benzene rings is 2. The Morgan fingerprint density at radius 2 is 1.59 bits per heavy atom. The number of hydrogen-bond acceptors (Lipinski definition) is 2. The van der Waals surface area contributed by atoms with Gasteiger partial charge in [0.2, 0.25) is 0 Å². The Labute approximate surface area is 139 Å². The molecule has 0 heterocycles. The minimum absolute atomic E-state index is 0. The summed E-state index contributed by atoms with van der Waals surface area (Å²) >= 11 is 0. The summed E-state index contributed by atoms with van der Waals surface area (Å²) in [6, 6.07) is 12.1. The minimum atomic E-state index is 0. The van der Waals surface area contributed by atoms with Crippen molar-refractivity contribution in [2.45, 2.75) is 26.7 Å². The first-order valence-corrected chi connectivity index (χ1v) is 7.62. The number of fused-ring (bicyclic) bond motifs is 1. The molecule has 0 aliphatic heterocycles. The molecule has 0 fully saturated rings. The van der Waals surface area contributed by atoms with Gasteiger partial charge in [-0.2, -0.15) is 0 Å². The molecule has 0 aromatic heterocycles. The van der Waals surface area contributed by atoms with Crippen molar-refractivity contribution >= 4 is 29.0 Å². The van der Waals surface area contributed by atoms with Gasteiger partial charge in [0.1, 0.15) is 11.6 Å². The number of methoxy groups -OCH3 is 1. The van der Waals surface area contributed by atoms with Gasteiger partial charge in [-0.05, 0) is 30.4 Å². The zero-order valence-electron chi connectivity index (χ0n) is 13.6. The van der Waals surface area contributed by atoms with Crippen LogP contribution in [0.3, 0.4) is 0 Å². The Morgan fingerprint density at radius 3 is 2.14 bits per heavy atom. The summed E-state index contributed by atoms with van der Waals surface area (Å²) in [4.78, 5) is 2.16. The van der Waals surface area contributed by atoms with Crippen LogP contribution < -0.4 is 4.74 Å². The maximum Gasteiger partial charge on any atom is 0.128 e. The third-order valence-electron chi connectivity index (χ3n) is 3.66. The number of hydrogen-bond donors (Lipinski definition) is 1. The predicted octanol–water partition coefficient (Wildman–Crippen LogP) is 4.72. The summed E-state index contributed by atoms with van der Waals surface area (Å²) < 4.78 is 5.43. The van der Waals surface area contributed by atoms with Gasteiger partial charge in [0.15, 0.2) is 0 Å². The maximum absolute atomic E-state index is 8.59. The predicted molar refractivity (Wildman–Crippen MR) is 96.7 cm³/mol. The lowest BCUT2D eigenvalue weighted by molar-refractivity contribution is 0.414. The Balaban J connectivity index is 0.00000242. The molecular formula is C18H25ClN2O. The SMILES string of the molecule is CCCN(CCC)C(=N)c1ccc(OC)c2ccccc12.Cl. The van der Waals surface area contributed by atoms with Crippen LogP contribution in [0.25, 0.3) is 10.8 Å². The average Bonchev–Trinajstić information content (AvgIpc) is 2.53. The van der Waals surface area contributed by atoms with Gasteiger partial charge in [-0.3, -0.25) is 5.41 Å². The van der Waals surface area contributed by atoms with Crippen LogP contribution in [-0.2, 0) is 0 Å². The minimum Gasteiger partial charge on any atom is -0.496 e. The van der Waals surface area contributed by atoms with E-state index in [-0.39, 0.29) is 12.4 Å². The van der Waals surface area contributed by atoms with Gasteiger partial charge in [0, 0.05) is 24.0 Å². The van der Waals surface area contributed by atoms with Crippen LogP contribution in [0.2, 0.25) is 0 Å². The zero-order valence-corrected chi connectivity index (χ0v) is 14.4. The number of ether oxygens (including phenoxy) is 1. The number of nitrogens with zero attached hydrogens (tertiary/aromatic N) is 1. The molecule has 2 rings (SSSR count). The van der Waals surface area contributed by atoms with Crippen molar-refractivity contribution in [1.29, 1.82) is 5.41 Å². The van der Waals surface area contributed by atoms with Crippen molar-refractivity contribution in [3.63, 3.8) is 0 Å². The van der Waals surface area contributed by atoms with Gasteiger partial charge in [0.25, 0.3) is 0 Å². The molecule has 0 radical (unpaired) electrons. The molecule has 0 aliphatic rings. The molecule has 0 unspecified atom stereocenters. The van der Waals surface area contributed by atoms with Gasteiger partial charge >= 0.3 is 0 Å². The van der Waals surface area contributed by atoms with E-state index in [1.54, 1.807) is 7.11 Å². The Kier molecular flexibility index (Phi) is 7.19. The number of rotatable bonds is 6. The highest BCUT2D eigenvalue weighted by atomic mass is 35.5. The zero-order chi connectivity index (χ0) is 15.2. The summed E-state index contributed by atoms with van der Waals surface area (Å²) in [5.74, 6) is 1.47. The van der Waals surface area contributed by atoms with Crippen LogP contribution in [0.5, 0.6) is 5.75 Å². The molecule has 0 bridgehead atoms. The smallest absolute Gasteiger partial charge is 0.128 e. The highest BCUT2D eigenvalue weighted by molar-refractivity contribution is 6.09. The van der Waals surface area contributed by atoms with Crippen LogP contribution in [0, 0.1) is 5.41 Å². The van der Waals surface area contributed by atoms with Gasteiger partial charge in [0.05, 0.1) is 7.11 Å². The second kappa shape index (κ2) is 8.64.